The smallest absolute Gasteiger partial charge is 0.253 e. The molecule has 2 heterocycles. The van der Waals surface area contributed by atoms with Crippen molar-refractivity contribution in [2.24, 2.45) is 0 Å². The van der Waals surface area contributed by atoms with Crippen molar-refractivity contribution in [3.63, 3.8) is 0 Å². The second-order valence-corrected chi connectivity index (χ2v) is 8.04. The monoisotopic (exact) mass is 522 g/mol. The van der Waals surface area contributed by atoms with Crippen molar-refractivity contribution in [3.8, 4) is 11.3 Å². The Balaban J connectivity index is 1.73. The molecule has 0 atom stereocenters. The molecule has 2 aromatic heterocycles. The van der Waals surface area contributed by atoms with Crippen molar-refractivity contribution < 1.29 is 4.79 Å². The van der Waals surface area contributed by atoms with Crippen LogP contribution in [0, 0.1) is 3.57 Å². The molecule has 0 saturated carbocycles. The topological polar surface area (TPSA) is 59.3 Å². The van der Waals surface area contributed by atoms with Gasteiger partial charge in [-0.3, -0.25) is 4.79 Å². The summed E-state index contributed by atoms with van der Waals surface area (Å²) in [6.07, 6.45) is 0. The number of aromatic nitrogens is 3. The molecule has 0 fully saturated rings. The fourth-order valence-electron chi connectivity index (χ4n) is 2.86. The van der Waals surface area contributed by atoms with Crippen LogP contribution in [-0.2, 0) is 6.54 Å². The number of halogens is 3. The van der Waals surface area contributed by atoms with Crippen molar-refractivity contribution in [1.29, 1.82) is 0 Å². The Labute approximate surface area is 184 Å². The lowest BCUT2D eigenvalue weighted by molar-refractivity contribution is 0.0950. The highest BCUT2D eigenvalue weighted by atomic mass is 127. The van der Waals surface area contributed by atoms with E-state index in [9.17, 15) is 4.79 Å². The molecule has 0 aliphatic heterocycles. The van der Waals surface area contributed by atoms with Crippen molar-refractivity contribution >= 4 is 57.3 Å². The van der Waals surface area contributed by atoms with Crippen molar-refractivity contribution in [2.45, 2.75) is 6.54 Å². The van der Waals surface area contributed by atoms with Crippen LogP contribution in [0.25, 0.3) is 16.9 Å². The number of fused-ring (bicyclic) bond motifs is 1. The average Bonchev–Trinajstić information content (AvgIpc) is 3.04. The number of hydrogen-bond donors (Lipinski definition) is 1. The quantitative estimate of drug-likeness (QED) is 0.373. The summed E-state index contributed by atoms with van der Waals surface area (Å²) >= 11 is 14.5. The predicted molar refractivity (Wildman–Crippen MR) is 119 cm³/mol. The second kappa shape index (κ2) is 8.06. The van der Waals surface area contributed by atoms with Crippen LogP contribution in [0.15, 0.2) is 60.7 Å². The molecule has 8 heteroatoms. The van der Waals surface area contributed by atoms with Gasteiger partial charge < -0.3 is 5.32 Å². The molecule has 0 spiro atoms. The van der Waals surface area contributed by atoms with Gasteiger partial charge >= 0.3 is 0 Å². The third-order valence-electron chi connectivity index (χ3n) is 4.19. The highest BCUT2D eigenvalue weighted by Gasteiger charge is 2.17. The molecule has 1 amide bonds. The molecule has 4 rings (SSSR count). The number of carbonyl (C=O) groups is 1. The lowest BCUT2D eigenvalue weighted by Gasteiger charge is -2.08. The SMILES string of the molecule is O=C(NCc1c(-c2ccc(I)cc2)nc2ccc(Cl)nn12)c1ccccc1Cl. The van der Waals surface area contributed by atoms with E-state index in [4.69, 9.17) is 23.2 Å². The van der Waals surface area contributed by atoms with Gasteiger partial charge in [-0.25, -0.2) is 9.50 Å². The van der Waals surface area contributed by atoms with Crippen LogP contribution in [0.2, 0.25) is 10.2 Å². The maximum Gasteiger partial charge on any atom is 0.253 e. The van der Waals surface area contributed by atoms with E-state index in [1.54, 1.807) is 40.9 Å². The summed E-state index contributed by atoms with van der Waals surface area (Å²) in [5.41, 5.74) is 3.48. The molecular formula is C20H13Cl2IN4O. The summed E-state index contributed by atoms with van der Waals surface area (Å²) in [7, 11) is 0. The summed E-state index contributed by atoms with van der Waals surface area (Å²) in [4.78, 5) is 17.3. The number of imidazole rings is 1. The molecule has 0 saturated heterocycles. The third-order valence-corrected chi connectivity index (χ3v) is 5.44. The van der Waals surface area contributed by atoms with E-state index in [1.165, 1.54) is 0 Å². The maximum absolute atomic E-state index is 12.6. The number of amides is 1. The van der Waals surface area contributed by atoms with Crippen LogP contribution < -0.4 is 5.32 Å². The van der Waals surface area contributed by atoms with Gasteiger partial charge in [0.2, 0.25) is 0 Å². The van der Waals surface area contributed by atoms with E-state index in [0.29, 0.717) is 21.4 Å². The van der Waals surface area contributed by atoms with E-state index < -0.39 is 0 Å². The van der Waals surface area contributed by atoms with E-state index >= 15 is 0 Å². The Morgan fingerprint density at radius 2 is 1.79 bits per heavy atom. The fourth-order valence-corrected chi connectivity index (χ4v) is 3.58. The van der Waals surface area contributed by atoms with Gasteiger partial charge in [0.15, 0.2) is 5.65 Å². The Morgan fingerprint density at radius 1 is 1.04 bits per heavy atom. The number of rotatable bonds is 4. The zero-order valence-electron chi connectivity index (χ0n) is 14.4. The average molecular weight is 523 g/mol. The number of nitrogens with one attached hydrogen (secondary N) is 1. The first kappa shape index (κ1) is 19.2. The molecule has 1 N–H and O–H groups in total. The Hall–Kier alpha value is -2.16. The highest BCUT2D eigenvalue weighted by Crippen LogP contribution is 2.26. The van der Waals surface area contributed by atoms with E-state index in [-0.39, 0.29) is 12.5 Å². The van der Waals surface area contributed by atoms with E-state index in [0.717, 1.165) is 20.5 Å². The predicted octanol–water partition coefficient (Wildman–Crippen LogP) is 5.24. The minimum absolute atomic E-state index is 0.222. The molecule has 4 aromatic rings. The second-order valence-electron chi connectivity index (χ2n) is 6.00. The Kier molecular flexibility index (Phi) is 5.52. The van der Waals surface area contributed by atoms with Gasteiger partial charge in [0.1, 0.15) is 5.15 Å². The van der Waals surface area contributed by atoms with Gasteiger partial charge in [-0.15, -0.1) is 0 Å². The normalized spacial score (nSPS) is 11.0. The zero-order valence-corrected chi connectivity index (χ0v) is 18.0. The van der Waals surface area contributed by atoms with Crippen LogP contribution in [-0.4, -0.2) is 20.5 Å². The van der Waals surface area contributed by atoms with Crippen LogP contribution in [0.5, 0.6) is 0 Å². The molecule has 140 valence electrons. The molecule has 0 aliphatic rings. The maximum atomic E-state index is 12.6. The molecule has 0 aliphatic carbocycles. The minimum Gasteiger partial charge on any atom is -0.346 e. The van der Waals surface area contributed by atoms with Crippen molar-refractivity contribution in [3.05, 3.63) is 85.7 Å². The number of benzene rings is 2. The van der Waals surface area contributed by atoms with Crippen molar-refractivity contribution in [1.82, 2.24) is 19.9 Å². The summed E-state index contributed by atoms with van der Waals surface area (Å²) in [6, 6.07) is 18.4. The zero-order chi connectivity index (χ0) is 19.7. The summed E-state index contributed by atoms with van der Waals surface area (Å²) in [6.45, 7) is 0.222. The van der Waals surface area contributed by atoms with Gasteiger partial charge in [-0.05, 0) is 59.0 Å². The number of carbonyl (C=O) groups excluding carboxylic acids is 1. The van der Waals surface area contributed by atoms with Gasteiger partial charge in [-0.1, -0.05) is 47.5 Å². The standard InChI is InChI=1S/C20H13Cl2IN4O/c21-15-4-2-1-3-14(15)20(28)24-11-16-19(12-5-7-13(23)8-6-12)25-18-10-9-17(22)26-27(16)18/h1-10H,11H2,(H,24,28). The van der Waals surface area contributed by atoms with Gasteiger partial charge in [0.25, 0.3) is 5.91 Å². The molecule has 5 nitrogen and oxygen atoms in total. The van der Waals surface area contributed by atoms with Gasteiger partial charge in [-0.2, -0.15) is 5.10 Å². The first-order valence-corrected chi connectivity index (χ1v) is 10.2. The number of nitrogens with zero attached hydrogens (tertiary/aromatic N) is 3. The third kappa shape index (κ3) is 3.85. The van der Waals surface area contributed by atoms with Crippen LogP contribution in [0.1, 0.15) is 16.1 Å². The molecule has 28 heavy (non-hydrogen) atoms. The van der Waals surface area contributed by atoms with Gasteiger partial charge in [0.05, 0.1) is 28.5 Å². The fraction of sp³-hybridized carbons (Fsp3) is 0.0500. The minimum atomic E-state index is -0.267. The Morgan fingerprint density at radius 3 is 2.54 bits per heavy atom. The summed E-state index contributed by atoms with van der Waals surface area (Å²) < 4.78 is 2.78. The van der Waals surface area contributed by atoms with Gasteiger partial charge in [0, 0.05) is 9.13 Å². The largest absolute Gasteiger partial charge is 0.346 e. The lowest BCUT2D eigenvalue weighted by Crippen LogP contribution is -2.24. The first-order chi connectivity index (χ1) is 13.5. The summed E-state index contributed by atoms with van der Waals surface area (Å²) in [5, 5.41) is 8.00. The van der Waals surface area contributed by atoms with Crippen molar-refractivity contribution in [2.75, 3.05) is 0 Å². The number of hydrogen-bond acceptors (Lipinski definition) is 3. The molecule has 2 aromatic carbocycles. The van der Waals surface area contributed by atoms with Crippen LogP contribution >= 0.6 is 45.8 Å². The lowest BCUT2D eigenvalue weighted by atomic mass is 10.1. The van der Waals surface area contributed by atoms with Crippen LogP contribution in [0.3, 0.4) is 0 Å². The first-order valence-electron chi connectivity index (χ1n) is 8.36. The van der Waals surface area contributed by atoms with E-state index in [2.05, 4.69) is 38.0 Å². The van der Waals surface area contributed by atoms with Crippen LogP contribution in [0.4, 0.5) is 0 Å². The molecular weight excluding hydrogens is 510 g/mol. The molecule has 0 unspecified atom stereocenters. The summed E-state index contributed by atoms with van der Waals surface area (Å²) in [5.74, 6) is -0.267. The molecule has 0 bridgehead atoms. The highest BCUT2D eigenvalue weighted by molar-refractivity contribution is 14.1. The molecule has 0 radical (unpaired) electrons. The Bertz CT molecular complexity index is 1170. The van der Waals surface area contributed by atoms with E-state index in [1.807, 2.05) is 24.3 Å².